The van der Waals surface area contributed by atoms with Crippen molar-refractivity contribution in [2.75, 3.05) is 13.7 Å². The monoisotopic (exact) mass is 346 g/mol. The van der Waals surface area contributed by atoms with E-state index in [0.29, 0.717) is 17.9 Å². The third-order valence-electron chi connectivity index (χ3n) is 3.67. The zero-order valence-corrected chi connectivity index (χ0v) is 14.7. The SMILES string of the molecule is COCCn1c(SCc2ccccc2C)nc2ccsc2c1=O. The van der Waals surface area contributed by atoms with Gasteiger partial charge in [0.1, 0.15) is 4.70 Å². The molecule has 6 heteroatoms. The molecule has 0 bridgehead atoms. The van der Waals surface area contributed by atoms with Crippen LogP contribution in [0.25, 0.3) is 10.2 Å². The third kappa shape index (κ3) is 3.49. The van der Waals surface area contributed by atoms with Gasteiger partial charge in [-0.15, -0.1) is 11.3 Å². The van der Waals surface area contributed by atoms with Gasteiger partial charge in [-0.05, 0) is 29.5 Å². The van der Waals surface area contributed by atoms with Crippen LogP contribution < -0.4 is 5.56 Å². The van der Waals surface area contributed by atoms with Crippen molar-refractivity contribution in [3.63, 3.8) is 0 Å². The Labute approximate surface area is 143 Å². The average molecular weight is 346 g/mol. The summed E-state index contributed by atoms with van der Waals surface area (Å²) in [6, 6.07) is 10.2. The minimum atomic E-state index is 0.0225. The Kier molecular flexibility index (Phi) is 5.15. The number of hydrogen-bond donors (Lipinski definition) is 0. The summed E-state index contributed by atoms with van der Waals surface area (Å²) in [6.07, 6.45) is 0. The second-order valence-electron chi connectivity index (χ2n) is 5.19. The molecule has 2 aromatic heterocycles. The van der Waals surface area contributed by atoms with Crippen LogP contribution in [0, 0.1) is 6.92 Å². The summed E-state index contributed by atoms with van der Waals surface area (Å²) in [6.45, 7) is 3.12. The fourth-order valence-corrected chi connectivity index (χ4v) is 4.21. The topological polar surface area (TPSA) is 44.1 Å². The van der Waals surface area contributed by atoms with Crippen LogP contribution in [-0.2, 0) is 17.0 Å². The summed E-state index contributed by atoms with van der Waals surface area (Å²) in [7, 11) is 1.64. The van der Waals surface area contributed by atoms with Gasteiger partial charge in [0.2, 0.25) is 0 Å². The summed E-state index contributed by atoms with van der Waals surface area (Å²) in [4.78, 5) is 17.3. The molecule has 1 aromatic carbocycles. The summed E-state index contributed by atoms with van der Waals surface area (Å²) >= 11 is 3.04. The Morgan fingerprint density at radius 1 is 1.30 bits per heavy atom. The Hall–Kier alpha value is -1.63. The molecule has 4 nitrogen and oxygen atoms in total. The first-order valence-corrected chi connectivity index (χ1v) is 9.21. The number of rotatable bonds is 6. The van der Waals surface area contributed by atoms with Gasteiger partial charge in [-0.25, -0.2) is 4.98 Å². The number of hydrogen-bond acceptors (Lipinski definition) is 5. The van der Waals surface area contributed by atoms with E-state index in [-0.39, 0.29) is 5.56 Å². The van der Waals surface area contributed by atoms with E-state index >= 15 is 0 Å². The van der Waals surface area contributed by atoms with Gasteiger partial charge in [0.15, 0.2) is 5.16 Å². The number of methoxy groups -OCH3 is 1. The highest BCUT2D eigenvalue weighted by Gasteiger charge is 2.13. The van der Waals surface area contributed by atoms with E-state index in [1.807, 2.05) is 23.6 Å². The van der Waals surface area contributed by atoms with E-state index in [4.69, 9.17) is 4.74 Å². The molecule has 120 valence electrons. The molecule has 0 unspecified atom stereocenters. The van der Waals surface area contributed by atoms with Crippen molar-refractivity contribution in [3.8, 4) is 0 Å². The van der Waals surface area contributed by atoms with E-state index in [2.05, 4.69) is 24.0 Å². The van der Waals surface area contributed by atoms with E-state index < -0.39 is 0 Å². The highest BCUT2D eigenvalue weighted by Crippen LogP contribution is 2.25. The van der Waals surface area contributed by atoms with Crippen LogP contribution >= 0.6 is 23.1 Å². The first-order valence-electron chi connectivity index (χ1n) is 7.35. The molecule has 0 N–H and O–H groups in total. The van der Waals surface area contributed by atoms with Crippen LogP contribution in [0.1, 0.15) is 11.1 Å². The Bertz CT molecular complexity index is 870. The largest absolute Gasteiger partial charge is 0.383 e. The van der Waals surface area contributed by atoms with Crippen LogP contribution in [0.5, 0.6) is 0 Å². The number of aromatic nitrogens is 2. The van der Waals surface area contributed by atoms with E-state index in [1.165, 1.54) is 22.5 Å². The molecule has 0 aliphatic heterocycles. The number of aryl methyl sites for hydroxylation is 1. The predicted molar refractivity (Wildman–Crippen MR) is 96.5 cm³/mol. The zero-order chi connectivity index (χ0) is 16.2. The van der Waals surface area contributed by atoms with Crippen molar-refractivity contribution >= 4 is 33.3 Å². The molecule has 0 aliphatic carbocycles. The maximum Gasteiger partial charge on any atom is 0.272 e. The molecule has 0 aliphatic rings. The maximum absolute atomic E-state index is 12.7. The second kappa shape index (κ2) is 7.29. The smallest absolute Gasteiger partial charge is 0.272 e. The van der Waals surface area contributed by atoms with Gasteiger partial charge in [-0.1, -0.05) is 36.0 Å². The Balaban J connectivity index is 1.94. The molecule has 0 amide bonds. The molecule has 0 saturated carbocycles. The molecule has 0 atom stereocenters. The number of nitrogens with zero attached hydrogens (tertiary/aromatic N) is 2. The first kappa shape index (κ1) is 16.2. The quantitative estimate of drug-likeness (QED) is 0.504. The first-order chi connectivity index (χ1) is 11.2. The molecule has 3 rings (SSSR count). The predicted octanol–water partition coefficient (Wildman–Crippen LogP) is 3.71. The number of ether oxygens (including phenoxy) is 1. The van der Waals surface area contributed by atoms with E-state index in [9.17, 15) is 4.79 Å². The molecule has 0 spiro atoms. The minimum absolute atomic E-state index is 0.0225. The molecule has 0 saturated heterocycles. The summed E-state index contributed by atoms with van der Waals surface area (Å²) in [5.74, 6) is 0.793. The lowest BCUT2D eigenvalue weighted by Gasteiger charge is -2.12. The third-order valence-corrected chi connectivity index (χ3v) is 5.58. The molecule has 0 radical (unpaired) electrons. The zero-order valence-electron chi connectivity index (χ0n) is 13.1. The molecular weight excluding hydrogens is 328 g/mol. The maximum atomic E-state index is 12.7. The van der Waals surface area contributed by atoms with Crippen LogP contribution in [0.3, 0.4) is 0 Å². The number of thiophene rings is 1. The molecule has 3 aromatic rings. The summed E-state index contributed by atoms with van der Waals surface area (Å²) < 4.78 is 7.57. The highest BCUT2D eigenvalue weighted by molar-refractivity contribution is 7.98. The van der Waals surface area contributed by atoms with Crippen molar-refractivity contribution in [3.05, 3.63) is 57.2 Å². The fourth-order valence-electron chi connectivity index (χ4n) is 2.33. The van der Waals surface area contributed by atoms with Crippen LogP contribution in [0.4, 0.5) is 0 Å². The van der Waals surface area contributed by atoms with Crippen LogP contribution in [0.2, 0.25) is 0 Å². The fraction of sp³-hybridized carbons (Fsp3) is 0.294. The molecule has 23 heavy (non-hydrogen) atoms. The van der Waals surface area contributed by atoms with E-state index in [1.54, 1.807) is 23.4 Å². The lowest BCUT2D eigenvalue weighted by molar-refractivity contribution is 0.183. The molecule has 2 heterocycles. The van der Waals surface area contributed by atoms with E-state index in [0.717, 1.165) is 16.4 Å². The lowest BCUT2D eigenvalue weighted by atomic mass is 10.1. The van der Waals surface area contributed by atoms with Crippen molar-refractivity contribution in [2.45, 2.75) is 24.4 Å². The standard InChI is InChI=1S/C17H18N2O2S2/c1-12-5-3-4-6-13(12)11-23-17-18-14-7-10-22-15(14)16(20)19(17)8-9-21-2/h3-7,10H,8-9,11H2,1-2H3. The van der Waals surface area contributed by atoms with Gasteiger partial charge in [0, 0.05) is 12.9 Å². The number of benzene rings is 1. The van der Waals surface area contributed by atoms with Crippen molar-refractivity contribution < 1.29 is 4.74 Å². The highest BCUT2D eigenvalue weighted by atomic mass is 32.2. The normalized spacial score (nSPS) is 11.2. The molecule has 0 fully saturated rings. The van der Waals surface area contributed by atoms with Gasteiger partial charge in [0.05, 0.1) is 18.7 Å². The average Bonchev–Trinajstić information content (AvgIpc) is 3.02. The number of thioether (sulfide) groups is 1. The minimum Gasteiger partial charge on any atom is -0.383 e. The van der Waals surface area contributed by atoms with Crippen molar-refractivity contribution in [2.24, 2.45) is 0 Å². The summed E-state index contributed by atoms with van der Waals surface area (Å²) in [5, 5.41) is 2.66. The lowest BCUT2D eigenvalue weighted by Crippen LogP contribution is -2.24. The van der Waals surface area contributed by atoms with Gasteiger partial charge in [-0.2, -0.15) is 0 Å². The van der Waals surface area contributed by atoms with Gasteiger partial charge < -0.3 is 4.74 Å². The van der Waals surface area contributed by atoms with Gasteiger partial charge >= 0.3 is 0 Å². The second-order valence-corrected chi connectivity index (χ2v) is 7.05. The van der Waals surface area contributed by atoms with Crippen LogP contribution in [-0.4, -0.2) is 23.3 Å². The van der Waals surface area contributed by atoms with Crippen molar-refractivity contribution in [1.82, 2.24) is 9.55 Å². The van der Waals surface area contributed by atoms with Crippen LogP contribution in [0.15, 0.2) is 45.7 Å². The van der Waals surface area contributed by atoms with Gasteiger partial charge in [-0.3, -0.25) is 9.36 Å². The van der Waals surface area contributed by atoms with Gasteiger partial charge in [0.25, 0.3) is 5.56 Å². The Morgan fingerprint density at radius 3 is 2.91 bits per heavy atom. The molecular formula is C17H18N2O2S2. The summed E-state index contributed by atoms with van der Waals surface area (Å²) in [5.41, 5.74) is 3.31. The Morgan fingerprint density at radius 2 is 2.13 bits per heavy atom. The number of fused-ring (bicyclic) bond motifs is 1. The van der Waals surface area contributed by atoms with Crippen molar-refractivity contribution in [1.29, 1.82) is 0 Å².